The number of amides is 1. The van der Waals surface area contributed by atoms with E-state index in [4.69, 9.17) is 9.84 Å². The van der Waals surface area contributed by atoms with Crippen LogP contribution in [0.1, 0.15) is 19.3 Å². The van der Waals surface area contributed by atoms with Gasteiger partial charge in [0.2, 0.25) is 5.92 Å². The van der Waals surface area contributed by atoms with E-state index in [1.165, 1.54) is 6.08 Å². The average Bonchev–Trinajstić information content (AvgIpc) is 2.64. The van der Waals surface area contributed by atoms with Gasteiger partial charge in [0.15, 0.2) is 0 Å². The van der Waals surface area contributed by atoms with Crippen molar-refractivity contribution in [2.45, 2.75) is 31.2 Å². The van der Waals surface area contributed by atoms with Gasteiger partial charge in [0.25, 0.3) is 0 Å². The molecule has 0 aromatic carbocycles. The maximum absolute atomic E-state index is 13.0. The van der Waals surface area contributed by atoms with Crippen molar-refractivity contribution in [3.63, 3.8) is 0 Å². The van der Waals surface area contributed by atoms with Gasteiger partial charge in [-0.1, -0.05) is 12.7 Å². The normalized spacial score (nSPS) is 26.8. The molecule has 0 radical (unpaired) electrons. The van der Waals surface area contributed by atoms with Crippen molar-refractivity contribution < 1.29 is 28.2 Å². The molecule has 1 heterocycles. The summed E-state index contributed by atoms with van der Waals surface area (Å²) >= 11 is 0. The molecule has 0 aromatic heterocycles. The Labute approximate surface area is 108 Å². The maximum atomic E-state index is 13.0. The van der Waals surface area contributed by atoms with Crippen molar-refractivity contribution >= 4 is 12.1 Å². The maximum Gasteiger partial charge on any atom is 0.410 e. The number of halogens is 2. The number of carboxylic acids is 1. The molecule has 19 heavy (non-hydrogen) atoms. The molecular formula is C12H15F2NO4. The highest BCUT2D eigenvalue weighted by molar-refractivity contribution is 5.81. The number of aliphatic carboxylic acids is 1. The Bertz CT molecular complexity index is 416. The minimum absolute atomic E-state index is 0.00946. The van der Waals surface area contributed by atoms with E-state index in [1.54, 1.807) is 0 Å². The lowest BCUT2D eigenvalue weighted by Gasteiger charge is -2.44. The number of hydrogen-bond donors (Lipinski definition) is 1. The molecule has 0 bridgehead atoms. The Morgan fingerprint density at radius 2 is 2.11 bits per heavy atom. The van der Waals surface area contributed by atoms with Gasteiger partial charge in [-0.2, -0.15) is 0 Å². The fraction of sp³-hybridized carbons (Fsp3) is 0.667. The monoisotopic (exact) mass is 275 g/mol. The number of carbonyl (C=O) groups is 2. The molecule has 2 fully saturated rings. The predicted molar refractivity (Wildman–Crippen MR) is 60.9 cm³/mol. The number of nitrogens with zero attached hydrogens (tertiary/aromatic N) is 1. The highest BCUT2D eigenvalue weighted by Crippen LogP contribution is 2.58. The summed E-state index contributed by atoms with van der Waals surface area (Å²) in [4.78, 5) is 23.9. The van der Waals surface area contributed by atoms with Crippen LogP contribution < -0.4 is 0 Å². The molecule has 1 saturated heterocycles. The molecule has 1 spiro atoms. The first-order valence-electron chi connectivity index (χ1n) is 5.94. The molecule has 1 atom stereocenters. The Morgan fingerprint density at radius 3 is 2.58 bits per heavy atom. The third-order valence-electron chi connectivity index (χ3n) is 3.62. The van der Waals surface area contributed by atoms with Gasteiger partial charge in [0, 0.05) is 24.8 Å². The zero-order valence-corrected chi connectivity index (χ0v) is 10.3. The Hall–Kier alpha value is -1.66. The van der Waals surface area contributed by atoms with Gasteiger partial charge < -0.3 is 9.84 Å². The number of rotatable bonds is 3. The summed E-state index contributed by atoms with van der Waals surface area (Å²) in [6.45, 7) is 3.35. The second-order valence-corrected chi connectivity index (χ2v) is 5.26. The van der Waals surface area contributed by atoms with Gasteiger partial charge in [-0.05, 0) is 6.42 Å². The van der Waals surface area contributed by atoms with Crippen molar-refractivity contribution in [2.75, 3.05) is 13.2 Å². The quantitative estimate of drug-likeness (QED) is 0.799. The number of likely N-dealkylation sites (tertiary alicyclic amines) is 1. The fourth-order valence-electron chi connectivity index (χ4n) is 2.98. The van der Waals surface area contributed by atoms with Crippen molar-refractivity contribution in [3.05, 3.63) is 12.7 Å². The van der Waals surface area contributed by atoms with E-state index in [-0.39, 0.29) is 32.4 Å². The SMILES string of the molecule is C=CCOC(=O)N1CC2(CC1C(=O)O)CC(F)(F)C2. The summed E-state index contributed by atoms with van der Waals surface area (Å²) in [7, 11) is 0. The van der Waals surface area contributed by atoms with Crippen LogP contribution in [0.25, 0.3) is 0 Å². The van der Waals surface area contributed by atoms with Crippen LogP contribution in [0.4, 0.5) is 13.6 Å². The second kappa shape index (κ2) is 4.47. The van der Waals surface area contributed by atoms with Crippen LogP contribution in [0.5, 0.6) is 0 Å². The number of hydrogen-bond acceptors (Lipinski definition) is 3. The lowest BCUT2D eigenvalue weighted by Crippen LogP contribution is -2.48. The first-order chi connectivity index (χ1) is 8.79. The standard InChI is InChI=1S/C12H15F2NO4/c1-2-3-19-10(18)15-7-11(4-8(15)9(16)17)5-12(13,14)6-11/h2,8H,1,3-7H2,(H,16,17). The van der Waals surface area contributed by atoms with Crippen LogP contribution in [-0.2, 0) is 9.53 Å². The molecule has 5 nitrogen and oxygen atoms in total. The van der Waals surface area contributed by atoms with Crippen LogP contribution >= 0.6 is 0 Å². The molecular weight excluding hydrogens is 260 g/mol. The molecule has 106 valence electrons. The largest absolute Gasteiger partial charge is 0.480 e. The zero-order valence-electron chi connectivity index (χ0n) is 10.3. The number of ether oxygens (including phenoxy) is 1. The molecule has 1 unspecified atom stereocenters. The zero-order chi connectivity index (χ0) is 14.3. The van der Waals surface area contributed by atoms with E-state index in [9.17, 15) is 18.4 Å². The summed E-state index contributed by atoms with van der Waals surface area (Å²) in [5.41, 5.74) is -0.778. The van der Waals surface area contributed by atoms with Gasteiger partial charge in [0.1, 0.15) is 12.6 Å². The summed E-state index contributed by atoms with van der Waals surface area (Å²) in [6, 6.07) is -1.09. The minimum atomic E-state index is -2.75. The summed E-state index contributed by atoms with van der Waals surface area (Å²) < 4.78 is 30.8. The Balaban J connectivity index is 2.07. The Kier molecular flexibility index (Phi) is 3.24. The van der Waals surface area contributed by atoms with E-state index in [2.05, 4.69) is 6.58 Å². The average molecular weight is 275 g/mol. The van der Waals surface area contributed by atoms with Gasteiger partial charge in [-0.15, -0.1) is 0 Å². The predicted octanol–water partition coefficient (Wildman–Crippen LogP) is 1.88. The van der Waals surface area contributed by atoms with Crippen LogP contribution in [0.3, 0.4) is 0 Å². The molecule has 1 N–H and O–H groups in total. The van der Waals surface area contributed by atoms with Crippen LogP contribution in [0, 0.1) is 5.41 Å². The van der Waals surface area contributed by atoms with Crippen molar-refractivity contribution in [1.82, 2.24) is 4.90 Å². The van der Waals surface area contributed by atoms with E-state index in [1.807, 2.05) is 0 Å². The van der Waals surface area contributed by atoms with E-state index in [0.29, 0.717) is 0 Å². The number of carbonyl (C=O) groups excluding carboxylic acids is 1. The van der Waals surface area contributed by atoms with Crippen LogP contribution in [0.2, 0.25) is 0 Å². The van der Waals surface area contributed by atoms with Crippen LogP contribution in [-0.4, -0.2) is 47.2 Å². The smallest absolute Gasteiger partial charge is 0.410 e. The molecule has 2 rings (SSSR count). The summed E-state index contributed by atoms with van der Waals surface area (Å²) in [5, 5.41) is 9.08. The lowest BCUT2D eigenvalue weighted by atomic mass is 9.65. The molecule has 0 aromatic rings. The molecule has 2 aliphatic rings. The topological polar surface area (TPSA) is 66.8 Å². The first-order valence-corrected chi connectivity index (χ1v) is 5.94. The van der Waals surface area contributed by atoms with Crippen molar-refractivity contribution in [1.29, 1.82) is 0 Å². The summed E-state index contributed by atoms with van der Waals surface area (Å²) in [6.07, 6.45) is -0.110. The van der Waals surface area contributed by atoms with E-state index in [0.717, 1.165) is 4.90 Å². The first kappa shape index (κ1) is 13.8. The third-order valence-corrected chi connectivity index (χ3v) is 3.62. The number of alkyl halides is 2. The second-order valence-electron chi connectivity index (χ2n) is 5.26. The molecule has 1 amide bonds. The lowest BCUT2D eigenvalue weighted by molar-refractivity contribution is -0.157. The van der Waals surface area contributed by atoms with Gasteiger partial charge in [0.05, 0.1) is 0 Å². The molecule has 1 aliphatic carbocycles. The van der Waals surface area contributed by atoms with E-state index >= 15 is 0 Å². The molecule has 1 aliphatic heterocycles. The highest BCUT2D eigenvalue weighted by Gasteiger charge is 2.62. The van der Waals surface area contributed by atoms with Crippen LogP contribution in [0.15, 0.2) is 12.7 Å². The van der Waals surface area contributed by atoms with Gasteiger partial charge in [-0.25, -0.2) is 18.4 Å². The fourth-order valence-corrected chi connectivity index (χ4v) is 2.98. The highest BCUT2D eigenvalue weighted by atomic mass is 19.3. The van der Waals surface area contributed by atoms with E-state index < -0.39 is 29.4 Å². The number of carboxylic acid groups (broad SMARTS) is 1. The third kappa shape index (κ3) is 2.54. The van der Waals surface area contributed by atoms with Crippen molar-refractivity contribution in [2.24, 2.45) is 5.41 Å². The van der Waals surface area contributed by atoms with Crippen molar-refractivity contribution in [3.8, 4) is 0 Å². The van der Waals surface area contributed by atoms with Gasteiger partial charge >= 0.3 is 12.1 Å². The summed E-state index contributed by atoms with van der Waals surface area (Å²) in [5.74, 6) is -3.94. The molecule has 1 saturated carbocycles. The minimum Gasteiger partial charge on any atom is -0.480 e. The molecule has 7 heteroatoms. The Morgan fingerprint density at radius 1 is 1.47 bits per heavy atom. The van der Waals surface area contributed by atoms with Gasteiger partial charge in [-0.3, -0.25) is 4.90 Å².